The van der Waals surface area contributed by atoms with Crippen LogP contribution in [0.3, 0.4) is 0 Å². The van der Waals surface area contributed by atoms with Crippen LogP contribution in [-0.4, -0.2) is 55.6 Å². The maximum Gasteiger partial charge on any atom is 0.305 e. The predicted octanol–water partition coefficient (Wildman–Crippen LogP) is 5.82. The van der Waals surface area contributed by atoms with E-state index >= 15 is 0 Å². The van der Waals surface area contributed by atoms with Gasteiger partial charge < -0.3 is 23.7 Å². The fourth-order valence-corrected chi connectivity index (χ4v) is 5.44. The maximum atomic E-state index is 15.0. The van der Waals surface area contributed by atoms with Crippen LogP contribution < -0.4 is 0 Å². The van der Waals surface area contributed by atoms with Gasteiger partial charge in [-0.1, -0.05) is 31.9 Å². The highest BCUT2D eigenvalue weighted by Gasteiger charge is 2.47. The molecule has 1 fully saturated rings. The van der Waals surface area contributed by atoms with Gasteiger partial charge in [0.1, 0.15) is 5.78 Å². The first kappa shape index (κ1) is 31.7. The van der Waals surface area contributed by atoms with Gasteiger partial charge in [0.25, 0.3) is 0 Å². The predicted molar refractivity (Wildman–Crippen MR) is 146 cm³/mol. The zero-order valence-electron chi connectivity index (χ0n) is 23.6. The third kappa shape index (κ3) is 10.3. The quantitative estimate of drug-likeness (QED) is 0.152. The molecule has 0 radical (unpaired) electrons. The van der Waals surface area contributed by atoms with Crippen LogP contribution in [0.25, 0.3) is 0 Å². The molecule has 0 aromatic carbocycles. The fraction of sp³-hybridized carbons (Fsp3) is 0.645. The Morgan fingerprint density at radius 3 is 2.10 bits per heavy atom. The Hall–Kier alpha value is -2.78. The molecule has 222 valence electrons. The molecule has 3 rings (SSSR count). The van der Waals surface area contributed by atoms with E-state index in [9.17, 15) is 18.8 Å². The number of alkyl halides is 1. The Bertz CT molecular complexity index is 942. The number of halogens is 1. The van der Waals surface area contributed by atoms with Crippen LogP contribution >= 0.6 is 0 Å². The number of ether oxygens (including phenoxy) is 5. The summed E-state index contributed by atoms with van der Waals surface area (Å²) in [5.74, 6) is -1.41. The van der Waals surface area contributed by atoms with Crippen molar-refractivity contribution in [3.63, 3.8) is 0 Å². The number of ketones is 2. The molecule has 2 heterocycles. The highest BCUT2D eigenvalue weighted by atomic mass is 19.1. The summed E-state index contributed by atoms with van der Waals surface area (Å²) in [6, 6.07) is 0. The minimum atomic E-state index is -1.70. The van der Waals surface area contributed by atoms with Crippen LogP contribution in [0, 0.1) is 11.8 Å². The summed E-state index contributed by atoms with van der Waals surface area (Å²) in [5.41, 5.74) is 0. The molecule has 0 aromatic rings. The fourth-order valence-electron chi connectivity index (χ4n) is 5.44. The molecule has 0 N–H and O–H groups in total. The van der Waals surface area contributed by atoms with Gasteiger partial charge >= 0.3 is 5.97 Å². The number of carbonyl (C=O) groups is 3. The lowest BCUT2D eigenvalue weighted by Crippen LogP contribution is -2.33. The van der Waals surface area contributed by atoms with E-state index in [2.05, 4.69) is 11.7 Å². The average molecular weight is 563 g/mol. The third-order valence-electron chi connectivity index (χ3n) is 7.60. The second kappa shape index (κ2) is 17.1. The number of hydrogen-bond acceptors (Lipinski definition) is 8. The minimum absolute atomic E-state index is 0.0558. The Morgan fingerprint density at radius 1 is 0.875 bits per heavy atom. The molecule has 8 nitrogen and oxygen atoms in total. The number of carbonyl (C=O) groups excluding carboxylic acids is 3. The average Bonchev–Trinajstić information content (AvgIpc) is 3.27. The third-order valence-corrected chi connectivity index (χ3v) is 7.60. The van der Waals surface area contributed by atoms with Crippen LogP contribution in [0.15, 0.2) is 49.0 Å². The van der Waals surface area contributed by atoms with E-state index in [0.29, 0.717) is 25.7 Å². The molecule has 1 aliphatic carbocycles. The lowest BCUT2D eigenvalue weighted by molar-refractivity contribution is -0.141. The van der Waals surface area contributed by atoms with Crippen molar-refractivity contribution in [1.82, 2.24) is 0 Å². The molecule has 0 amide bonds. The van der Waals surface area contributed by atoms with Crippen LogP contribution in [0.2, 0.25) is 0 Å². The number of allylic oxidation sites excluding steroid dienone is 4. The molecule has 2 aliphatic heterocycles. The van der Waals surface area contributed by atoms with E-state index in [1.807, 2.05) is 12.2 Å². The first-order valence-electron chi connectivity index (χ1n) is 14.4. The Labute approximate surface area is 236 Å². The van der Waals surface area contributed by atoms with Crippen molar-refractivity contribution in [2.75, 3.05) is 7.11 Å². The van der Waals surface area contributed by atoms with Crippen molar-refractivity contribution < 1.29 is 42.5 Å². The standard InChI is InChI=1S/C31H43FO8/c1-3-4-5-11-22(33)16-17-23-24(20-26(34)25(32)12-10-13-29(35)36-2)28(40-31-15-7-9-19-38-31)21-27(23)39-30-14-6-8-18-37-30/h6-9,14-15,18-19,23-25,27-28,30-31H,3-5,10-13,16-17,20-21H2,1-2H3/t23?,24-,25?,27-,28+,30-,31-/m1/s1. The van der Waals surface area contributed by atoms with Crippen molar-refractivity contribution in [2.45, 2.75) is 109 Å². The molecule has 0 saturated heterocycles. The van der Waals surface area contributed by atoms with E-state index in [1.165, 1.54) is 13.4 Å². The summed E-state index contributed by atoms with van der Waals surface area (Å²) >= 11 is 0. The maximum absolute atomic E-state index is 15.0. The molecule has 0 spiro atoms. The van der Waals surface area contributed by atoms with Crippen LogP contribution in [-0.2, 0) is 38.1 Å². The molecule has 2 unspecified atom stereocenters. The number of Topliss-reactive ketones (excluding diaryl/α,β-unsaturated/α-hetero) is 2. The Kier molecular flexibility index (Phi) is 13.6. The monoisotopic (exact) mass is 562 g/mol. The van der Waals surface area contributed by atoms with E-state index in [4.69, 9.17) is 18.9 Å². The Morgan fingerprint density at radius 2 is 1.52 bits per heavy atom. The van der Waals surface area contributed by atoms with E-state index < -0.39 is 36.6 Å². The van der Waals surface area contributed by atoms with Crippen molar-refractivity contribution in [2.24, 2.45) is 11.8 Å². The van der Waals surface area contributed by atoms with E-state index in [0.717, 1.165) is 19.3 Å². The van der Waals surface area contributed by atoms with Crippen LogP contribution in [0.4, 0.5) is 4.39 Å². The van der Waals surface area contributed by atoms with Gasteiger partial charge in [0, 0.05) is 32.1 Å². The van der Waals surface area contributed by atoms with E-state index in [1.54, 1.807) is 30.6 Å². The zero-order chi connectivity index (χ0) is 28.7. The molecule has 3 aliphatic rings. The topological polar surface area (TPSA) is 97.4 Å². The highest BCUT2D eigenvalue weighted by Crippen LogP contribution is 2.43. The summed E-state index contributed by atoms with van der Waals surface area (Å²) < 4.78 is 43.3. The largest absolute Gasteiger partial charge is 0.469 e. The van der Waals surface area contributed by atoms with Crippen molar-refractivity contribution in [1.29, 1.82) is 0 Å². The molecule has 7 atom stereocenters. The molecule has 9 heteroatoms. The van der Waals surface area contributed by atoms with E-state index in [-0.39, 0.29) is 49.4 Å². The van der Waals surface area contributed by atoms with Gasteiger partial charge in [-0.25, -0.2) is 4.39 Å². The second-order valence-electron chi connectivity index (χ2n) is 10.5. The number of rotatable bonds is 18. The smallest absolute Gasteiger partial charge is 0.305 e. The summed E-state index contributed by atoms with van der Waals surface area (Å²) in [7, 11) is 1.28. The van der Waals surface area contributed by atoms with Crippen molar-refractivity contribution in [3.8, 4) is 0 Å². The molecular weight excluding hydrogens is 519 g/mol. The van der Waals surface area contributed by atoms with Crippen LogP contribution in [0.5, 0.6) is 0 Å². The lowest BCUT2D eigenvalue weighted by atomic mass is 9.84. The number of methoxy groups -OCH3 is 1. The summed E-state index contributed by atoms with van der Waals surface area (Å²) in [6.45, 7) is 2.10. The zero-order valence-corrected chi connectivity index (χ0v) is 23.6. The van der Waals surface area contributed by atoms with Gasteiger partial charge in [0.05, 0.1) is 31.8 Å². The SMILES string of the molecule is CCCCCC(=O)CCC1[C@@H](CC(=O)C(F)CCCC(=O)OC)[C@@H](O[C@@H]2C=CC=CO2)C[C@H]1O[C@@H]1C=CC=CO1. The first-order valence-corrected chi connectivity index (χ1v) is 14.4. The second-order valence-corrected chi connectivity index (χ2v) is 10.5. The van der Waals surface area contributed by atoms with Gasteiger partial charge in [-0.05, 0) is 61.8 Å². The highest BCUT2D eigenvalue weighted by molar-refractivity contribution is 5.83. The summed E-state index contributed by atoms with van der Waals surface area (Å²) in [5, 5.41) is 0. The molecule has 40 heavy (non-hydrogen) atoms. The lowest BCUT2D eigenvalue weighted by Gasteiger charge is -2.29. The number of hydrogen-bond donors (Lipinski definition) is 0. The first-order chi connectivity index (χ1) is 19.4. The molecule has 1 saturated carbocycles. The number of unbranched alkanes of at least 4 members (excludes halogenated alkanes) is 2. The number of esters is 1. The Balaban J connectivity index is 1.74. The minimum Gasteiger partial charge on any atom is -0.469 e. The van der Waals surface area contributed by atoms with Crippen molar-refractivity contribution >= 4 is 17.5 Å². The summed E-state index contributed by atoms with van der Waals surface area (Å²) in [6.07, 6.45) is 14.9. The van der Waals surface area contributed by atoms with Gasteiger partial charge in [0.15, 0.2) is 12.0 Å². The van der Waals surface area contributed by atoms with Gasteiger partial charge in [-0.15, -0.1) is 0 Å². The molecule has 0 bridgehead atoms. The van der Waals surface area contributed by atoms with Gasteiger partial charge in [0.2, 0.25) is 12.6 Å². The van der Waals surface area contributed by atoms with Crippen molar-refractivity contribution in [3.05, 3.63) is 49.0 Å². The molecular formula is C31H43FO8. The summed E-state index contributed by atoms with van der Waals surface area (Å²) in [4.78, 5) is 37.2. The van der Waals surface area contributed by atoms with Gasteiger partial charge in [-0.3, -0.25) is 14.4 Å². The van der Waals surface area contributed by atoms with Crippen LogP contribution in [0.1, 0.15) is 77.6 Å². The normalized spacial score (nSPS) is 27.7. The van der Waals surface area contributed by atoms with Gasteiger partial charge in [-0.2, -0.15) is 0 Å². The molecule has 0 aromatic heterocycles.